The molecule has 0 amide bonds. The minimum absolute atomic E-state index is 0.0839. The summed E-state index contributed by atoms with van der Waals surface area (Å²) >= 11 is 0. The molecule has 3 saturated heterocycles. The fourth-order valence-electron chi connectivity index (χ4n) is 4.40. The lowest BCUT2D eigenvalue weighted by Crippen LogP contribution is -2.53. The van der Waals surface area contributed by atoms with Gasteiger partial charge >= 0.3 is 0 Å². The number of nitrogens with one attached hydrogen (secondary N) is 1. The number of piperidine rings is 1. The van der Waals surface area contributed by atoms with Crippen molar-refractivity contribution in [1.82, 2.24) is 9.88 Å². The quantitative estimate of drug-likeness (QED) is 0.919. The Hall–Kier alpha value is -1.24. The minimum atomic E-state index is -0.300. The molecule has 6 heteroatoms. The molecule has 0 bridgehead atoms. The topological polar surface area (TPSA) is 46.6 Å². The van der Waals surface area contributed by atoms with E-state index in [1.807, 2.05) is 0 Å². The Morgan fingerprint density at radius 1 is 1.33 bits per heavy atom. The van der Waals surface area contributed by atoms with E-state index in [0.717, 1.165) is 52.0 Å². The van der Waals surface area contributed by atoms with E-state index < -0.39 is 0 Å². The summed E-state index contributed by atoms with van der Waals surface area (Å²) in [6.07, 6.45) is 7.04. The fourth-order valence-corrected chi connectivity index (χ4v) is 4.40. The fraction of sp³-hybridized carbons (Fsp3) is 0.722. The lowest BCUT2D eigenvalue weighted by Gasteiger charge is -2.44. The number of ether oxygens (including phenoxy) is 2. The number of hydrogen-bond acceptors (Lipinski definition) is 5. The van der Waals surface area contributed by atoms with Crippen LogP contribution in [0.4, 0.5) is 10.2 Å². The molecule has 1 aromatic rings. The van der Waals surface area contributed by atoms with Crippen LogP contribution in [0.1, 0.15) is 32.1 Å². The molecule has 0 aromatic carbocycles. The van der Waals surface area contributed by atoms with Crippen molar-refractivity contribution in [2.75, 3.05) is 38.2 Å². The number of halogens is 1. The van der Waals surface area contributed by atoms with Gasteiger partial charge in [-0.2, -0.15) is 0 Å². The molecule has 132 valence electrons. The number of nitrogens with zero attached hydrogens (tertiary/aromatic N) is 2. The minimum Gasteiger partial charge on any atom is -0.381 e. The summed E-state index contributed by atoms with van der Waals surface area (Å²) in [6, 6.07) is 3.80. The van der Waals surface area contributed by atoms with E-state index in [1.165, 1.54) is 12.5 Å². The first-order valence-electron chi connectivity index (χ1n) is 9.07. The lowest BCUT2D eigenvalue weighted by molar-refractivity contribution is -0.0741. The smallest absolute Gasteiger partial charge is 0.165 e. The van der Waals surface area contributed by atoms with Crippen LogP contribution in [0.2, 0.25) is 0 Å². The maximum absolute atomic E-state index is 13.8. The Morgan fingerprint density at radius 3 is 3.04 bits per heavy atom. The van der Waals surface area contributed by atoms with E-state index in [-0.39, 0.29) is 17.5 Å². The van der Waals surface area contributed by atoms with E-state index >= 15 is 0 Å². The van der Waals surface area contributed by atoms with Gasteiger partial charge in [-0.05, 0) is 44.4 Å². The van der Waals surface area contributed by atoms with Crippen molar-refractivity contribution >= 4 is 5.82 Å². The van der Waals surface area contributed by atoms with Crippen LogP contribution in [-0.4, -0.2) is 60.5 Å². The molecule has 0 aliphatic carbocycles. The first-order valence-corrected chi connectivity index (χ1v) is 9.07. The summed E-state index contributed by atoms with van der Waals surface area (Å²) in [4.78, 5) is 6.69. The average molecular weight is 335 g/mol. The number of pyridine rings is 1. The second kappa shape index (κ2) is 6.94. The molecular formula is C18H26FN3O2. The maximum Gasteiger partial charge on any atom is 0.165 e. The van der Waals surface area contributed by atoms with Crippen LogP contribution in [-0.2, 0) is 9.47 Å². The van der Waals surface area contributed by atoms with Crippen molar-refractivity contribution < 1.29 is 13.9 Å². The Bertz CT molecular complexity index is 567. The van der Waals surface area contributed by atoms with Crippen molar-refractivity contribution in [1.29, 1.82) is 0 Å². The average Bonchev–Trinajstić information content (AvgIpc) is 3.00. The largest absolute Gasteiger partial charge is 0.381 e. The summed E-state index contributed by atoms with van der Waals surface area (Å²) in [6.45, 7) is 4.51. The highest BCUT2D eigenvalue weighted by Gasteiger charge is 2.44. The molecule has 5 nitrogen and oxygen atoms in total. The molecule has 0 saturated carbocycles. The van der Waals surface area contributed by atoms with Crippen LogP contribution < -0.4 is 5.32 Å². The van der Waals surface area contributed by atoms with Gasteiger partial charge in [-0.3, -0.25) is 4.90 Å². The highest BCUT2D eigenvalue weighted by molar-refractivity contribution is 5.37. The van der Waals surface area contributed by atoms with Gasteiger partial charge in [0.1, 0.15) is 0 Å². The molecule has 3 aliphatic rings. The molecule has 24 heavy (non-hydrogen) atoms. The number of likely N-dealkylation sites (tertiary alicyclic amines) is 1. The van der Waals surface area contributed by atoms with Gasteiger partial charge in [0, 0.05) is 38.4 Å². The summed E-state index contributed by atoms with van der Waals surface area (Å²) in [7, 11) is 0. The number of rotatable bonds is 3. The van der Waals surface area contributed by atoms with E-state index in [2.05, 4.69) is 15.2 Å². The SMILES string of the molecule is Fc1cccnc1N[C@H]1CO[C@]2(CCCN(C3CCOCC3)C2)C1. The van der Waals surface area contributed by atoms with Crippen LogP contribution in [0.25, 0.3) is 0 Å². The second-order valence-electron chi connectivity index (χ2n) is 7.29. The number of aromatic nitrogens is 1. The zero-order valence-electron chi connectivity index (χ0n) is 14.0. The van der Waals surface area contributed by atoms with Crippen molar-refractivity contribution in [3.05, 3.63) is 24.1 Å². The highest BCUT2D eigenvalue weighted by atomic mass is 19.1. The van der Waals surface area contributed by atoms with Gasteiger partial charge in [-0.25, -0.2) is 9.37 Å². The number of hydrogen-bond donors (Lipinski definition) is 1. The molecular weight excluding hydrogens is 309 g/mol. The van der Waals surface area contributed by atoms with Crippen LogP contribution in [0.5, 0.6) is 0 Å². The van der Waals surface area contributed by atoms with Gasteiger partial charge < -0.3 is 14.8 Å². The molecule has 3 aliphatic heterocycles. The van der Waals surface area contributed by atoms with Gasteiger partial charge in [0.15, 0.2) is 11.6 Å². The molecule has 2 atom stereocenters. The van der Waals surface area contributed by atoms with Gasteiger partial charge in [0.25, 0.3) is 0 Å². The number of anilines is 1. The van der Waals surface area contributed by atoms with Crippen LogP contribution in [0, 0.1) is 5.82 Å². The standard InChI is InChI=1S/C18H26FN3O2/c19-16-3-1-7-20-17(16)21-14-11-18(24-12-14)6-2-8-22(13-18)15-4-9-23-10-5-15/h1,3,7,14-15H,2,4-6,8-13H2,(H,20,21)/t14-,18-/m1/s1. The third-order valence-corrected chi connectivity index (χ3v) is 5.58. The zero-order valence-corrected chi connectivity index (χ0v) is 14.0. The Labute approximate surface area is 142 Å². The summed E-state index contributed by atoms with van der Waals surface area (Å²) < 4.78 is 25.5. The first kappa shape index (κ1) is 16.2. The zero-order chi connectivity index (χ0) is 16.4. The molecule has 0 unspecified atom stereocenters. The third kappa shape index (κ3) is 3.41. The van der Waals surface area contributed by atoms with Gasteiger partial charge in [0.2, 0.25) is 0 Å². The third-order valence-electron chi connectivity index (χ3n) is 5.58. The van der Waals surface area contributed by atoms with Crippen LogP contribution >= 0.6 is 0 Å². The van der Waals surface area contributed by atoms with Crippen molar-refractivity contribution in [2.45, 2.75) is 49.8 Å². The molecule has 4 heterocycles. The predicted octanol–water partition coefficient (Wildman–Crippen LogP) is 2.44. The molecule has 3 fully saturated rings. The van der Waals surface area contributed by atoms with Gasteiger partial charge in [-0.1, -0.05) is 0 Å². The molecule has 0 radical (unpaired) electrons. The molecule has 1 aromatic heterocycles. The van der Waals surface area contributed by atoms with Crippen molar-refractivity contribution in [2.24, 2.45) is 0 Å². The normalized spacial score (nSPS) is 32.3. The Morgan fingerprint density at radius 2 is 2.21 bits per heavy atom. The first-order chi connectivity index (χ1) is 11.7. The van der Waals surface area contributed by atoms with Crippen molar-refractivity contribution in [3.63, 3.8) is 0 Å². The van der Waals surface area contributed by atoms with Gasteiger partial charge in [0.05, 0.1) is 18.2 Å². The van der Waals surface area contributed by atoms with Crippen LogP contribution in [0.15, 0.2) is 18.3 Å². The predicted molar refractivity (Wildman–Crippen MR) is 89.6 cm³/mol. The van der Waals surface area contributed by atoms with E-state index in [4.69, 9.17) is 9.47 Å². The Balaban J connectivity index is 1.38. The van der Waals surface area contributed by atoms with Gasteiger partial charge in [-0.15, -0.1) is 0 Å². The lowest BCUT2D eigenvalue weighted by atomic mass is 9.87. The molecule has 4 rings (SSSR count). The van der Waals surface area contributed by atoms with E-state index in [9.17, 15) is 4.39 Å². The molecule has 1 N–H and O–H groups in total. The monoisotopic (exact) mass is 335 g/mol. The molecule has 1 spiro atoms. The second-order valence-corrected chi connectivity index (χ2v) is 7.29. The van der Waals surface area contributed by atoms with Crippen molar-refractivity contribution in [3.8, 4) is 0 Å². The summed E-state index contributed by atoms with van der Waals surface area (Å²) in [5.41, 5.74) is -0.0839. The Kier molecular flexibility index (Phi) is 4.70. The van der Waals surface area contributed by atoms with E-state index in [0.29, 0.717) is 18.5 Å². The maximum atomic E-state index is 13.8. The highest BCUT2D eigenvalue weighted by Crippen LogP contribution is 2.37. The van der Waals surface area contributed by atoms with Crippen LogP contribution in [0.3, 0.4) is 0 Å². The summed E-state index contributed by atoms with van der Waals surface area (Å²) in [5, 5.41) is 3.23. The van der Waals surface area contributed by atoms with E-state index in [1.54, 1.807) is 12.3 Å². The summed E-state index contributed by atoms with van der Waals surface area (Å²) in [5.74, 6) is 0.0335.